The van der Waals surface area contributed by atoms with Crippen molar-refractivity contribution in [2.45, 2.75) is 39.4 Å². The van der Waals surface area contributed by atoms with Gasteiger partial charge >= 0.3 is 5.97 Å². The molecule has 0 aromatic heterocycles. The summed E-state index contributed by atoms with van der Waals surface area (Å²) in [6.07, 6.45) is -0.488. The van der Waals surface area contributed by atoms with Crippen LogP contribution in [-0.2, 0) is 9.53 Å². The van der Waals surface area contributed by atoms with Crippen LogP contribution < -0.4 is 4.74 Å². The highest BCUT2D eigenvalue weighted by Crippen LogP contribution is 2.29. The van der Waals surface area contributed by atoms with Crippen molar-refractivity contribution < 1.29 is 19.4 Å². The Kier molecular flexibility index (Phi) is 6.57. The van der Waals surface area contributed by atoms with Crippen LogP contribution in [0, 0.1) is 3.57 Å². The highest BCUT2D eigenvalue weighted by atomic mass is 127. The molecular formula is C14H19IO4. The number of hydrogen-bond acceptors (Lipinski definition) is 3. The standard InChI is InChI=1S/C14H19IO4/c1-4-18-12-6-5-10(7-11(12)15)13(8-14(16)17)19-9(2)3/h5-7,9,13H,4,8H2,1-3H3,(H,16,17)/t13-/m0/s1. The molecule has 106 valence electrons. The molecule has 19 heavy (non-hydrogen) atoms. The van der Waals surface area contributed by atoms with Crippen molar-refractivity contribution in [2.24, 2.45) is 0 Å². The van der Waals surface area contributed by atoms with Crippen LogP contribution in [0.1, 0.15) is 38.9 Å². The number of carboxylic acid groups (broad SMARTS) is 1. The second kappa shape index (κ2) is 7.69. The van der Waals surface area contributed by atoms with Gasteiger partial charge in [0, 0.05) is 0 Å². The second-order valence-corrected chi connectivity index (χ2v) is 5.56. The molecule has 5 heteroatoms. The topological polar surface area (TPSA) is 55.8 Å². The van der Waals surface area contributed by atoms with E-state index in [-0.39, 0.29) is 12.5 Å². The van der Waals surface area contributed by atoms with Gasteiger partial charge < -0.3 is 14.6 Å². The summed E-state index contributed by atoms with van der Waals surface area (Å²) in [4.78, 5) is 10.9. The van der Waals surface area contributed by atoms with Gasteiger partial charge in [-0.05, 0) is 61.1 Å². The summed E-state index contributed by atoms with van der Waals surface area (Å²) in [5.41, 5.74) is 0.865. The predicted octanol–water partition coefficient (Wildman–Crippen LogP) is 3.63. The molecule has 0 aliphatic carbocycles. The first-order chi connectivity index (χ1) is 8.93. The number of carbonyl (C=O) groups is 1. The fourth-order valence-electron chi connectivity index (χ4n) is 1.72. The van der Waals surface area contributed by atoms with E-state index in [2.05, 4.69) is 22.6 Å². The van der Waals surface area contributed by atoms with Crippen LogP contribution in [-0.4, -0.2) is 23.8 Å². The van der Waals surface area contributed by atoms with Crippen LogP contribution in [0.4, 0.5) is 0 Å². The number of halogens is 1. The number of carboxylic acids is 1. The molecule has 1 N–H and O–H groups in total. The van der Waals surface area contributed by atoms with Gasteiger partial charge in [-0.25, -0.2) is 0 Å². The third-order valence-electron chi connectivity index (χ3n) is 2.42. The average Bonchev–Trinajstić information content (AvgIpc) is 2.30. The molecule has 1 aromatic carbocycles. The van der Waals surface area contributed by atoms with Gasteiger partial charge in [-0.15, -0.1) is 0 Å². The SMILES string of the molecule is CCOc1ccc([C@H](CC(=O)O)OC(C)C)cc1I. The maximum Gasteiger partial charge on any atom is 0.306 e. The van der Waals surface area contributed by atoms with Crippen molar-refractivity contribution in [3.8, 4) is 5.75 Å². The number of ether oxygens (including phenoxy) is 2. The van der Waals surface area contributed by atoms with Crippen molar-refractivity contribution in [3.63, 3.8) is 0 Å². The minimum absolute atomic E-state index is 0.0198. The van der Waals surface area contributed by atoms with Crippen molar-refractivity contribution in [3.05, 3.63) is 27.3 Å². The highest BCUT2D eigenvalue weighted by molar-refractivity contribution is 14.1. The van der Waals surface area contributed by atoms with E-state index in [4.69, 9.17) is 14.6 Å². The van der Waals surface area contributed by atoms with Gasteiger partial charge in [0.25, 0.3) is 0 Å². The Bertz CT molecular complexity index is 431. The van der Waals surface area contributed by atoms with Gasteiger partial charge in [0.2, 0.25) is 0 Å². The summed E-state index contributed by atoms with van der Waals surface area (Å²) in [5.74, 6) is -0.0555. The van der Waals surface area contributed by atoms with Crippen LogP contribution in [0.5, 0.6) is 5.75 Å². The van der Waals surface area contributed by atoms with Gasteiger partial charge in [0.15, 0.2) is 0 Å². The van der Waals surface area contributed by atoms with E-state index >= 15 is 0 Å². The molecular weight excluding hydrogens is 359 g/mol. The first-order valence-electron chi connectivity index (χ1n) is 6.23. The zero-order chi connectivity index (χ0) is 14.4. The molecule has 0 radical (unpaired) electrons. The van der Waals surface area contributed by atoms with Gasteiger partial charge in [0.05, 0.1) is 28.8 Å². The molecule has 0 bridgehead atoms. The molecule has 0 heterocycles. The third-order valence-corrected chi connectivity index (χ3v) is 3.27. The molecule has 0 saturated carbocycles. The molecule has 0 unspecified atom stereocenters. The summed E-state index contributed by atoms with van der Waals surface area (Å²) in [7, 11) is 0. The van der Waals surface area contributed by atoms with E-state index in [1.807, 2.05) is 39.0 Å². The summed E-state index contributed by atoms with van der Waals surface area (Å²) in [6.45, 7) is 6.33. The number of aliphatic carboxylic acids is 1. The monoisotopic (exact) mass is 378 g/mol. The Balaban J connectivity index is 2.95. The second-order valence-electron chi connectivity index (χ2n) is 4.39. The van der Waals surface area contributed by atoms with Crippen LogP contribution in [0.3, 0.4) is 0 Å². The number of benzene rings is 1. The number of rotatable bonds is 7. The lowest BCUT2D eigenvalue weighted by Crippen LogP contribution is -2.14. The maximum atomic E-state index is 10.9. The minimum Gasteiger partial charge on any atom is -0.493 e. The molecule has 1 atom stereocenters. The van der Waals surface area contributed by atoms with Gasteiger partial charge in [-0.2, -0.15) is 0 Å². The van der Waals surface area contributed by atoms with Crippen molar-refractivity contribution in [1.29, 1.82) is 0 Å². The normalized spacial score (nSPS) is 12.5. The molecule has 0 spiro atoms. The fraction of sp³-hybridized carbons (Fsp3) is 0.500. The predicted molar refractivity (Wildman–Crippen MR) is 81.5 cm³/mol. The summed E-state index contributed by atoms with van der Waals surface area (Å²) < 4.78 is 12.1. The van der Waals surface area contributed by atoms with Crippen molar-refractivity contribution in [2.75, 3.05) is 6.61 Å². The molecule has 0 amide bonds. The van der Waals surface area contributed by atoms with Gasteiger partial charge in [0.1, 0.15) is 5.75 Å². The average molecular weight is 378 g/mol. The molecule has 1 rings (SSSR count). The van der Waals surface area contributed by atoms with E-state index in [0.717, 1.165) is 14.9 Å². The van der Waals surface area contributed by atoms with Gasteiger partial charge in [-0.1, -0.05) is 6.07 Å². The van der Waals surface area contributed by atoms with E-state index in [9.17, 15) is 4.79 Å². The lowest BCUT2D eigenvalue weighted by molar-refractivity contribution is -0.141. The van der Waals surface area contributed by atoms with Crippen molar-refractivity contribution >= 4 is 28.6 Å². The summed E-state index contributed by atoms with van der Waals surface area (Å²) in [5, 5.41) is 8.96. The lowest BCUT2D eigenvalue weighted by atomic mass is 10.1. The largest absolute Gasteiger partial charge is 0.493 e. The molecule has 0 aliphatic rings. The zero-order valence-electron chi connectivity index (χ0n) is 11.4. The Morgan fingerprint density at radius 1 is 1.42 bits per heavy atom. The van der Waals surface area contributed by atoms with Crippen LogP contribution in [0.25, 0.3) is 0 Å². The number of hydrogen-bond donors (Lipinski definition) is 1. The smallest absolute Gasteiger partial charge is 0.306 e. The molecule has 0 fully saturated rings. The maximum absolute atomic E-state index is 10.9. The molecule has 4 nitrogen and oxygen atoms in total. The van der Waals surface area contributed by atoms with E-state index < -0.39 is 12.1 Å². The molecule has 0 saturated heterocycles. The Morgan fingerprint density at radius 2 is 2.11 bits per heavy atom. The lowest BCUT2D eigenvalue weighted by Gasteiger charge is -2.20. The zero-order valence-corrected chi connectivity index (χ0v) is 13.5. The van der Waals surface area contributed by atoms with Crippen LogP contribution >= 0.6 is 22.6 Å². The minimum atomic E-state index is -0.866. The first-order valence-corrected chi connectivity index (χ1v) is 7.31. The van der Waals surface area contributed by atoms with Gasteiger partial charge in [-0.3, -0.25) is 4.79 Å². The Morgan fingerprint density at radius 3 is 2.58 bits per heavy atom. The fourth-order valence-corrected chi connectivity index (χ4v) is 2.42. The highest BCUT2D eigenvalue weighted by Gasteiger charge is 2.18. The van der Waals surface area contributed by atoms with E-state index in [1.165, 1.54) is 0 Å². The summed E-state index contributed by atoms with van der Waals surface area (Å²) >= 11 is 2.18. The molecule has 1 aromatic rings. The Labute approximate surface area is 127 Å². The van der Waals surface area contributed by atoms with E-state index in [0.29, 0.717) is 6.61 Å². The van der Waals surface area contributed by atoms with E-state index in [1.54, 1.807) is 0 Å². The van der Waals surface area contributed by atoms with Crippen molar-refractivity contribution in [1.82, 2.24) is 0 Å². The summed E-state index contributed by atoms with van der Waals surface area (Å²) in [6, 6.07) is 5.64. The first kappa shape index (κ1) is 16.2. The van der Waals surface area contributed by atoms with Crippen LogP contribution in [0.15, 0.2) is 18.2 Å². The quantitative estimate of drug-likeness (QED) is 0.737. The molecule has 0 aliphatic heterocycles. The Hall–Kier alpha value is -0.820. The third kappa shape index (κ3) is 5.36. The van der Waals surface area contributed by atoms with Crippen LogP contribution in [0.2, 0.25) is 0 Å².